The van der Waals surface area contributed by atoms with Crippen LogP contribution in [0, 0.1) is 11.3 Å². The Morgan fingerprint density at radius 3 is 2.95 bits per heavy atom. The van der Waals surface area contributed by atoms with Gasteiger partial charge in [-0.05, 0) is 42.3 Å². The number of rotatable bonds is 2. The first-order chi connectivity index (χ1) is 10.2. The molecule has 4 heteroatoms. The molecule has 0 radical (unpaired) electrons. The molecule has 3 rings (SSSR count). The van der Waals surface area contributed by atoms with Crippen LogP contribution in [0.15, 0.2) is 42.5 Å². The summed E-state index contributed by atoms with van der Waals surface area (Å²) in [5.41, 5.74) is 4.20. The average molecular weight is 277 g/mol. The Labute approximate surface area is 123 Å². The Morgan fingerprint density at radius 2 is 2.14 bits per heavy atom. The highest BCUT2D eigenvalue weighted by molar-refractivity contribution is 6.06. The predicted octanol–water partition coefficient (Wildman–Crippen LogP) is 2.80. The lowest BCUT2D eigenvalue weighted by Gasteiger charge is -2.18. The Bertz CT molecular complexity index is 746. The molecule has 0 saturated heterocycles. The van der Waals surface area contributed by atoms with Crippen molar-refractivity contribution >= 4 is 17.3 Å². The van der Waals surface area contributed by atoms with Crippen LogP contribution in [0.4, 0.5) is 11.4 Å². The van der Waals surface area contributed by atoms with Gasteiger partial charge in [0, 0.05) is 30.5 Å². The molecule has 4 nitrogen and oxygen atoms in total. The van der Waals surface area contributed by atoms with Gasteiger partial charge in [-0.15, -0.1) is 0 Å². The fourth-order valence-corrected chi connectivity index (χ4v) is 2.52. The number of anilines is 2. The molecule has 2 aromatic rings. The molecule has 1 aliphatic heterocycles. The van der Waals surface area contributed by atoms with Gasteiger partial charge in [-0.25, -0.2) is 0 Å². The van der Waals surface area contributed by atoms with Crippen molar-refractivity contribution in [1.82, 2.24) is 0 Å². The summed E-state index contributed by atoms with van der Waals surface area (Å²) in [7, 11) is 1.72. The van der Waals surface area contributed by atoms with E-state index in [1.807, 2.05) is 24.3 Å². The first kappa shape index (κ1) is 13.2. The SMILES string of the molecule is CN(C(=O)c1ccc2c(c1)NCC2)c1cccc(C#N)c1. The first-order valence-corrected chi connectivity index (χ1v) is 6.84. The second kappa shape index (κ2) is 5.29. The highest BCUT2D eigenvalue weighted by Gasteiger charge is 2.17. The molecule has 0 aliphatic carbocycles. The van der Waals surface area contributed by atoms with E-state index in [1.165, 1.54) is 5.56 Å². The van der Waals surface area contributed by atoms with E-state index in [-0.39, 0.29) is 5.91 Å². The minimum Gasteiger partial charge on any atom is -0.384 e. The van der Waals surface area contributed by atoms with Gasteiger partial charge in [-0.2, -0.15) is 5.26 Å². The molecule has 0 unspecified atom stereocenters. The summed E-state index contributed by atoms with van der Waals surface area (Å²) in [5.74, 6) is -0.0819. The maximum Gasteiger partial charge on any atom is 0.258 e. The molecule has 0 saturated carbocycles. The van der Waals surface area contributed by atoms with Crippen LogP contribution >= 0.6 is 0 Å². The van der Waals surface area contributed by atoms with Crippen LogP contribution in [-0.2, 0) is 6.42 Å². The highest BCUT2D eigenvalue weighted by Crippen LogP contribution is 2.25. The Kier molecular flexibility index (Phi) is 3.33. The molecular weight excluding hydrogens is 262 g/mol. The van der Waals surface area contributed by atoms with E-state index in [0.717, 1.165) is 18.7 Å². The summed E-state index contributed by atoms with van der Waals surface area (Å²) in [6.07, 6.45) is 1.00. The number of benzene rings is 2. The third-order valence-electron chi connectivity index (χ3n) is 3.73. The molecule has 0 atom stereocenters. The van der Waals surface area contributed by atoms with Gasteiger partial charge in [0.25, 0.3) is 5.91 Å². The predicted molar refractivity (Wildman–Crippen MR) is 82.5 cm³/mol. The monoisotopic (exact) mass is 277 g/mol. The van der Waals surface area contributed by atoms with Gasteiger partial charge < -0.3 is 10.2 Å². The Balaban J connectivity index is 1.89. The average Bonchev–Trinajstić information content (AvgIpc) is 3.01. The zero-order chi connectivity index (χ0) is 14.8. The van der Waals surface area contributed by atoms with Gasteiger partial charge in [-0.1, -0.05) is 12.1 Å². The lowest BCUT2D eigenvalue weighted by atomic mass is 10.1. The van der Waals surface area contributed by atoms with E-state index >= 15 is 0 Å². The van der Waals surface area contributed by atoms with Crippen molar-refractivity contribution in [2.24, 2.45) is 0 Å². The zero-order valence-electron chi connectivity index (χ0n) is 11.8. The lowest BCUT2D eigenvalue weighted by molar-refractivity contribution is 0.0993. The first-order valence-electron chi connectivity index (χ1n) is 6.84. The van der Waals surface area contributed by atoms with E-state index in [4.69, 9.17) is 5.26 Å². The van der Waals surface area contributed by atoms with E-state index in [2.05, 4.69) is 11.4 Å². The second-order valence-corrected chi connectivity index (χ2v) is 5.08. The van der Waals surface area contributed by atoms with Crippen molar-refractivity contribution in [1.29, 1.82) is 5.26 Å². The maximum absolute atomic E-state index is 12.6. The van der Waals surface area contributed by atoms with Crippen LogP contribution in [-0.4, -0.2) is 19.5 Å². The summed E-state index contributed by atoms with van der Waals surface area (Å²) in [6, 6.07) is 14.9. The standard InChI is InChI=1S/C17H15N3O/c1-20(15-4-2-3-12(9-15)11-18)17(21)14-6-5-13-7-8-19-16(13)10-14/h2-6,9-10,19H,7-8H2,1H3. The molecule has 1 aliphatic rings. The smallest absolute Gasteiger partial charge is 0.258 e. The molecule has 2 aromatic carbocycles. The molecule has 0 spiro atoms. The number of carbonyl (C=O) groups is 1. The molecule has 104 valence electrons. The van der Waals surface area contributed by atoms with Crippen LogP contribution in [0.3, 0.4) is 0 Å². The van der Waals surface area contributed by atoms with Gasteiger partial charge in [0.2, 0.25) is 0 Å². The van der Waals surface area contributed by atoms with Crippen LogP contribution in [0.5, 0.6) is 0 Å². The normalized spacial score (nSPS) is 12.2. The quantitative estimate of drug-likeness (QED) is 0.918. The molecule has 0 aromatic heterocycles. The summed E-state index contributed by atoms with van der Waals surface area (Å²) in [5, 5.41) is 12.2. The lowest BCUT2D eigenvalue weighted by Crippen LogP contribution is -2.26. The summed E-state index contributed by atoms with van der Waals surface area (Å²) >= 11 is 0. The number of carbonyl (C=O) groups excluding carboxylic acids is 1. The van der Waals surface area contributed by atoms with Crippen LogP contribution < -0.4 is 10.2 Å². The highest BCUT2D eigenvalue weighted by atomic mass is 16.2. The molecule has 0 fully saturated rings. The number of hydrogen-bond donors (Lipinski definition) is 1. The Hall–Kier alpha value is -2.80. The molecule has 21 heavy (non-hydrogen) atoms. The maximum atomic E-state index is 12.6. The van der Waals surface area contributed by atoms with Crippen LogP contribution in [0.2, 0.25) is 0 Å². The number of nitrogens with one attached hydrogen (secondary N) is 1. The second-order valence-electron chi connectivity index (χ2n) is 5.08. The zero-order valence-corrected chi connectivity index (χ0v) is 11.8. The molecule has 1 N–H and O–H groups in total. The molecule has 1 amide bonds. The number of nitriles is 1. The molecular formula is C17H15N3O. The van der Waals surface area contributed by atoms with E-state index in [0.29, 0.717) is 16.8 Å². The van der Waals surface area contributed by atoms with Crippen molar-refractivity contribution < 1.29 is 4.79 Å². The van der Waals surface area contributed by atoms with Crippen molar-refractivity contribution in [2.45, 2.75) is 6.42 Å². The number of amides is 1. The molecule has 0 bridgehead atoms. The van der Waals surface area contributed by atoms with Gasteiger partial charge in [0.05, 0.1) is 11.6 Å². The van der Waals surface area contributed by atoms with Gasteiger partial charge in [0.15, 0.2) is 0 Å². The minimum atomic E-state index is -0.0819. The van der Waals surface area contributed by atoms with Crippen molar-refractivity contribution in [3.63, 3.8) is 0 Å². The number of fused-ring (bicyclic) bond motifs is 1. The molecule has 1 heterocycles. The van der Waals surface area contributed by atoms with Gasteiger partial charge in [0.1, 0.15) is 0 Å². The van der Waals surface area contributed by atoms with Crippen LogP contribution in [0.1, 0.15) is 21.5 Å². The minimum absolute atomic E-state index is 0.0819. The summed E-state index contributed by atoms with van der Waals surface area (Å²) in [4.78, 5) is 14.1. The largest absolute Gasteiger partial charge is 0.384 e. The summed E-state index contributed by atoms with van der Waals surface area (Å²) in [6.45, 7) is 0.924. The van der Waals surface area contributed by atoms with E-state index < -0.39 is 0 Å². The summed E-state index contributed by atoms with van der Waals surface area (Å²) < 4.78 is 0. The number of hydrogen-bond acceptors (Lipinski definition) is 3. The van der Waals surface area contributed by atoms with Crippen molar-refractivity contribution in [3.05, 3.63) is 59.2 Å². The van der Waals surface area contributed by atoms with Crippen LogP contribution in [0.25, 0.3) is 0 Å². The van der Waals surface area contributed by atoms with Crippen molar-refractivity contribution in [3.8, 4) is 6.07 Å². The van der Waals surface area contributed by atoms with E-state index in [9.17, 15) is 4.79 Å². The van der Waals surface area contributed by atoms with Crippen molar-refractivity contribution in [2.75, 3.05) is 23.8 Å². The fraction of sp³-hybridized carbons (Fsp3) is 0.176. The topological polar surface area (TPSA) is 56.1 Å². The third-order valence-corrected chi connectivity index (χ3v) is 3.73. The van der Waals surface area contributed by atoms with Gasteiger partial charge >= 0.3 is 0 Å². The number of nitrogens with zero attached hydrogens (tertiary/aromatic N) is 2. The fourth-order valence-electron chi connectivity index (χ4n) is 2.52. The Morgan fingerprint density at radius 1 is 1.29 bits per heavy atom. The van der Waals surface area contributed by atoms with Gasteiger partial charge in [-0.3, -0.25) is 4.79 Å². The third kappa shape index (κ3) is 2.46. The van der Waals surface area contributed by atoms with E-state index in [1.54, 1.807) is 30.1 Å².